The second kappa shape index (κ2) is 11.8. The number of rotatable bonds is 8. The van der Waals surface area contributed by atoms with E-state index in [1.54, 1.807) is 0 Å². The lowest BCUT2D eigenvalue weighted by molar-refractivity contribution is 0.0735. The van der Waals surface area contributed by atoms with E-state index in [0.29, 0.717) is 19.6 Å². The fourth-order valence-electron chi connectivity index (χ4n) is 4.97. The van der Waals surface area contributed by atoms with E-state index in [2.05, 4.69) is 71.4 Å². The van der Waals surface area contributed by atoms with Gasteiger partial charge in [0.2, 0.25) is 0 Å². The van der Waals surface area contributed by atoms with Crippen molar-refractivity contribution < 1.29 is 4.79 Å². The molecule has 6 nitrogen and oxygen atoms in total. The highest BCUT2D eigenvalue weighted by molar-refractivity contribution is 7.12. The first-order valence-electron chi connectivity index (χ1n) is 13.0. The number of hydrogen-bond donors (Lipinski definition) is 2. The molecule has 0 bridgehead atoms. The lowest BCUT2D eigenvalue weighted by Crippen LogP contribution is -2.44. The van der Waals surface area contributed by atoms with Crippen molar-refractivity contribution >= 4 is 28.6 Å². The van der Waals surface area contributed by atoms with Crippen molar-refractivity contribution in [2.24, 2.45) is 5.73 Å². The maximum Gasteiger partial charge on any atom is 0.264 e. The Morgan fingerprint density at radius 1 is 0.842 bits per heavy atom. The lowest BCUT2D eigenvalue weighted by atomic mass is 10.0. The highest BCUT2D eigenvalue weighted by Crippen LogP contribution is 2.31. The molecule has 1 aromatic heterocycles. The molecule has 1 saturated heterocycles. The quantitative estimate of drug-likeness (QED) is 0.315. The number of amides is 1. The second-order valence-electron chi connectivity index (χ2n) is 9.93. The van der Waals surface area contributed by atoms with E-state index < -0.39 is 0 Å². The molecule has 4 N–H and O–H groups in total. The molecule has 0 radical (unpaired) electrons. The van der Waals surface area contributed by atoms with Crippen LogP contribution in [0.5, 0.6) is 0 Å². The summed E-state index contributed by atoms with van der Waals surface area (Å²) < 4.78 is 0. The van der Waals surface area contributed by atoms with Crippen LogP contribution in [0.3, 0.4) is 0 Å². The number of thiophene rings is 1. The number of piperazine rings is 1. The zero-order chi connectivity index (χ0) is 26.5. The van der Waals surface area contributed by atoms with Gasteiger partial charge in [-0.2, -0.15) is 0 Å². The van der Waals surface area contributed by atoms with Crippen molar-refractivity contribution in [1.29, 1.82) is 0 Å². The van der Waals surface area contributed by atoms with E-state index in [1.165, 1.54) is 11.3 Å². The molecule has 196 valence electrons. The van der Waals surface area contributed by atoms with Gasteiger partial charge in [-0.05, 0) is 64.5 Å². The van der Waals surface area contributed by atoms with Gasteiger partial charge in [-0.25, -0.2) is 0 Å². The largest absolute Gasteiger partial charge is 0.397 e. The molecule has 7 heteroatoms. The van der Waals surface area contributed by atoms with Crippen molar-refractivity contribution in [3.05, 3.63) is 106 Å². The van der Waals surface area contributed by atoms with Gasteiger partial charge in [0.25, 0.3) is 5.91 Å². The minimum Gasteiger partial charge on any atom is -0.397 e. The number of anilines is 2. The molecule has 0 aliphatic carbocycles. The van der Waals surface area contributed by atoms with Crippen LogP contribution in [0, 0.1) is 0 Å². The highest BCUT2D eigenvalue weighted by Gasteiger charge is 2.19. The Balaban J connectivity index is 1.38. The van der Waals surface area contributed by atoms with Crippen LogP contribution in [-0.4, -0.2) is 48.9 Å². The van der Waals surface area contributed by atoms with Crippen LogP contribution in [-0.2, 0) is 19.6 Å². The number of benzene rings is 3. The zero-order valence-electron chi connectivity index (χ0n) is 21.8. The van der Waals surface area contributed by atoms with E-state index >= 15 is 0 Å². The number of likely N-dealkylation sites (N-methyl/N-ethyl adjacent to an activating group) is 1. The van der Waals surface area contributed by atoms with Crippen LogP contribution in [0.1, 0.15) is 26.4 Å². The Morgan fingerprint density at radius 2 is 1.53 bits per heavy atom. The third-order valence-electron chi connectivity index (χ3n) is 7.12. The molecule has 2 heterocycles. The van der Waals surface area contributed by atoms with Crippen molar-refractivity contribution in [3.63, 3.8) is 0 Å². The van der Waals surface area contributed by atoms with E-state index in [-0.39, 0.29) is 5.91 Å². The van der Waals surface area contributed by atoms with Crippen molar-refractivity contribution in [1.82, 2.24) is 9.80 Å². The average molecular weight is 526 g/mol. The lowest BCUT2D eigenvalue weighted by Gasteiger charge is -2.34. The molecular formula is C31H35N5OS. The molecule has 0 unspecified atom stereocenters. The Hall–Kier alpha value is -3.65. The van der Waals surface area contributed by atoms with Crippen molar-refractivity contribution in [3.8, 4) is 11.1 Å². The zero-order valence-corrected chi connectivity index (χ0v) is 22.7. The topological polar surface area (TPSA) is 78.8 Å². The summed E-state index contributed by atoms with van der Waals surface area (Å²) in [6, 6.07) is 26.7. The fraction of sp³-hybridized carbons (Fsp3) is 0.258. The van der Waals surface area contributed by atoms with Gasteiger partial charge in [0, 0.05) is 45.8 Å². The van der Waals surface area contributed by atoms with E-state index in [0.717, 1.165) is 70.2 Å². The third kappa shape index (κ3) is 6.07. The van der Waals surface area contributed by atoms with Gasteiger partial charge in [0.15, 0.2) is 0 Å². The molecular weight excluding hydrogens is 490 g/mol. The van der Waals surface area contributed by atoms with Crippen LogP contribution >= 0.6 is 11.3 Å². The first-order valence-corrected chi connectivity index (χ1v) is 13.9. The second-order valence-corrected chi connectivity index (χ2v) is 10.9. The average Bonchev–Trinajstić information content (AvgIpc) is 3.48. The molecule has 1 aliphatic heterocycles. The summed E-state index contributed by atoms with van der Waals surface area (Å²) in [5, 5.41) is 1.94. The smallest absolute Gasteiger partial charge is 0.264 e. The summed E-state index contributed by atoms with van der Waals surface area (Å²) in [6.45, 7) is 5.55. The Labute approximate surface area is 229 Å². The standard InChI is InChI=1S/C31H35N5OS/c1-34-12-14-35(15-13-34)29-11-10-27(19-28(29)33)26-8-3-7-25(18-26)22-36(31(37)30-9-4-16-38-30)21-24-6-2-5-23(17-24)20-32/h2-11,16-19H,12-15,20-22,32-33H2,1H3. The maximum atomic E-state index is 13.5. The molecule has 0 saturated carbocycles. The van der Waals surface area contributed by atoms with Gasteiger partial charge in [-0.15, -0.1) is 11.3 Å². The molecule has 1 fully saturated rings. The molecule has 5 rings (SSSR count). The summed E-state index contributed by atoms with van der Waals surface area (Å²) in [7, 11) is 2.16. The monoisotopic (exact) mass is 525 g/mol. The van der Waals surface area contributed by atoms with E-state index in [1.807, 2.05) is 34.5 Å². The van der Waals surface area contributed by atoms with Crippen LogP contribution in [0.25, 0.3) is 11.1 Å². The predicted octanol–water partition coefficient (Wildman–Crippen LogP) is 5.05. The number of nitrogens with zero attached hydrogens (tertiary/aromatic N) is 3. The van der Waals surface area contributed by atoms with Gasteiger partial charge in [-0.1, -0.05) is 54.6 Å². The van der Waals surface area contributed by atoms with Crippen molar-refractivity contribution in [2.75, 3.05) is 43.9 Å². The number of hydrogen-bond acceptors (Lipinski definition) is 6. The Morgan fingerprint density at radius 3 is 2.21 bits per heavy atom. The fourth-order valence-corrected chi connectivity index (χ4v) is 5.66. The number of carbonyl (C=O) groups is 1. The molecule has 4 aromatic rings. The molecule has 1 aliphatic rings. The Bertz CT molecular complexity index is 1380. The third-order valence-corrected chi connectivity index (χ3v) is 7.98. The number of nitrogens with two attached hydrogens (primary N) is 2. The SMILES string of the molecule is CN1CCN(c2ccc(-c3cccc(CN(Cc4cccc(CN)c4)C(=O)c4cccs4)c3)cc2N)CC1. The minimum absolute atomic E-state index is 0.0318. The predicted molar refractivity (Wildman–Crippen MR) is 158 cm³/mol. The van der Waals surface area contributed by atoms with Crippen LogP contribution in [0.15, 0.2) is 84.2 Å². The number of carbonyl (C=O) groups excluding carboxylic acids is 1. The normalized spacial score (nSPS) is 14.0. The molecule has 38 heavy (non-hydrogen) atoms. The maximum absolute atomic E-state index is 13.5. The summed E-state index contributed by atoms with van der Waals surface area (Å²) in [6.07, 6.45) is 0. The highest BCUT2D eigenvalue weighted by atomic mass is 32.1. The summed E-state index contributed by atoms with van der Waals surface area (Å²) in [4.78, 5) is 20.8. The van der Waals surface area contributed by atoms with Gasteiger partial charge in [-0.3, -0.25) is 4.79 Å². The molecule has 0 atom stereocenters. The van der Waals surface area contributed by atoms with Crippen LogP contribution < -0.4 is 16.4 Å². The van der Waals surface area contributed by atoms with Crippen molar-refractivity contribution in [2.45, 2.75) is 19.6 Å². The van der Waals surface area contributed by atoms with Gasteiger partial charge in [0.05, 0.1) is 16.3 Å². The van der Waals surface area contributed by atoms with E-state index in [9.17, 15) is 4.79 Å². The van der Waals surface area contributed by atoms with Crippen LogP contribution in [0.4, 0.5) is 11.4 Å². The molecule has 3 aromatic carbocycles. The Kier molecular flexibility index (Phi) is 8.08. The molecule has 0 spiro atoms. The van der Waals surface area contributed by atoms with E-state index in [4.69, 9.17) is 11.5 Å². The summed E-state index contributed by atoms with van der Waals surface area (Å²) in [5.74, 6) is 0.0318. The molecule has 1 amide bonds. The summed E-state index contributed by atoms with van der Waals surface area (Å²) >= 11 is 1.47. The first-order chi connectivity index (χ1) is 18.5. The minimum atomic E-state index is 0.0318. The van der Waals surface area contributed by atoms with Gasteiger partial charge >= 0.3 is 0 Å². The summed E-state index contributed by atoms with van der Waals surface area (Å²) in [5.41, 5.74) is 19.7. The number of nitrogen functional groups attached to an aromatic ring is 1. The first kappa shape index (κ1) is 26.0. The van der Waals surface area contributed by atoms with Gasteiger partial charge < -0.3 is 26.2 Å². The van der Waals surface area contributed by atoms with Gasteiger partial charge in [0.1, 0.15) is 0 Å². The van der Waals surface area contributed by atoms with Crippen LogP contribution in [0.2, 0.25) is 0 Å².